The number of para-hydroxylation sites is 2. The van der Waals surface area contributed by atoms with Crippen LogP contribution in [0.5, 0.6) is 11.5 Å². The number of rotatable bonds is 4. The van der Waals surface area contributed by atoms with Crippen molar-refractivity contribution in [1.29, 1.82) is 0 Å². The lowest BCUT2D eigenvalue weighted by atomic mass is 10.3. The first-order valence-corrected chi connectivity index (χ1v) is 9.71. The van der Waals surface area contributed by atoms with E-state index in [1.54, 1.807) is 0 Å². The van der Waals surface area contributed by atoms with E-state index < -0.39 is 6.84 Å². The number of alkyl halides is 4. The zero-order chi connectivity index (χ0) is 15.5. The van der Waals surface area contributed by atoms with Crippen LogP contribution in [0.4, 0.5) is 0 Å². The number of hydrogen-bond donors (Lipinski definition) is 0. The molecule has 0 N–H and O–H groups in total. The Hall–Kier alpha value is 0.440. The van der Waals surface area contributed by atoms with Crippen molar-refractivity contribution < 1.29 is 9.47 Å². The number of ether oxygens (including phenoxy) is 2. The second-order valence-electron chi connectivity index (χ2n) is 3.98. The van der Waals surface area contributed by atoms with E-state index in [-0.39, 0.29) is 0 Å². The Labute approximate surface area is 165 Å². The lowest BCUT2D eigenvalue weighted by Gasteiger charge is -2.35. The van der Waals surface area contributed by atoms with Gasteiger partial charge in [-0.1, -0.05) is 78.1 Å². The van der Waals surface area contributed by atoms with E-state index in [9.17, 15) is 0 Å². The molecule has 2 rings (SSSR count). The Morgan fingerprint density at radius 1 is 0.714 bits per heavy atom. The van der Waals surface area contributed by atoms with Gasteiger partial charge in [-0.25, -0.2) is 0 Å². The summed E-state index contributed by atoms with van der Waals surface area (Å²) in [4.78, 5) is 0. The van der Waals surface area contributed by atoms with Gasteiger partial charge in [-0.15, -0.1) is 0 Å². The molecule has 0 fully saturated rings. The lowest BCUT2D eigenvalue weighted by molar-refractivity contribution is -0.0109. The van der Waals surface area contributed by atoms with Crippen LogP contribution in [-0.2, 0) is 0 Å². The lowest BCUT2D eigenvalue weighted by Crippen LogP contribution is -2.47. The fourth-order valence-electron chi connectivity index (χ4n) is 1.45. The number of halogens is 5. The van der Waals surface area contributed by atoms with Crippen LogP contribution in [0.1, 0.15) is 0 Å². The van der Waals surface area contributed by atoms with Crippen LogP contribution in [0.15, 0.2) is 59.1 Å². The van der Waals surface area contributed by atoms with Crippen molar-refractivity contribution in [3.63, 3.8) is 0 Å². The smallest absolute Gasteiger partial charge is 0.345 e. The molecular formula is C14H9Br5O2. The summed E-state index contributed by atoms with van der Waals surface area (Å²) in [6.45, 7) is 0. The molecule has 0 spiro atoms. The van der Waals surface area contributed by atoms with Gasteiger partial charge in [0.15, 0.2) is 0 Å². The highest BCUT2D eigenvalue weighted by atomic mass is 80.0. The molecule has 2 aromatic rings. The molecule has 0 aliphatic carbocycles. The van der Waals surface area contributed by atoms with E-state index in [0.717, 1.165) is 4.47 Å². The Bertz CT molecular complexity index is 600. The molecule has 2 nitrogen and oxygen atoms in total. The fourth-order valence-corrected chi connectivity index (χ4v) is 2.66. The predicted octanol–water partition coefficient (Wildman–Crippen LogP) is 6.79. The second kappa shape index (κ2) is 7.34. The van der Waals surface area contributed by atoms with Crippen molar-refractivity contribution in [2.75, 3.05) is 0 Å². The van der Waals surface area contributed by atoms with Gasteiger partial charge in [0.2, 0.25) is 2.14 Å². The summed E-state index contributed by atoms with van der Waals surface area (Å²) in [7, 11) is 0. The Balaban J connectivity index is 2.32. The first-order valence-electron chi connectivity index (χ1n) is 5.75. The van der Waals surface area contributed by atoms with Crippen LogP contribution >= 0.6 is 79.6 Å². The molecule has 0 radical (unpaired) electrons. The van der Waals surface area contributed by atoms with Gasteiger partial charge < -0.3 is 9.47 Å². The summed E-state index contributed by atoms with van der Waals surface area (Å²) < 4.78 is 10.7. The molecule has 0 aromatic heterocycles. The molecule has 21 heavy (non-hydrogen) atoms. The van der Waals surface area contributed by atoms with Crippen LogP contribution < -0.4 is 9.47 Å². The molecule has 0 amide bonds. The van der Waals surface area contributed by atoms with Crippen LogP contribution in [0.3, 0.4) is 0 Å². The highest BCUT2D eigenvalue weighted by molar-refractivity contribution is 9.40. The third kappa shape index (κ3) is 4.70. The van der Waals surface area contributed by atoms with E-state index >= 15 is 0 Å². The quantitative estimate of drug-likeness (QED) is 0.281. The minimum absolute atomic E-state index is 0.632. The zero-order valence-electron chi connectivity index (χ0n) is 10.4. The molecule has 112 valence electrons. The Kier molecular flexibility index (Phi) is 6.22. The van der Waals surface area contributed by atoms with Crippen molar-refractivity contribution in [1.82, 2.24) is 0 Å². The van der Waals surface area contributed by atoms with Gasteiger partial charge >= 0.3 is 4.70 Å². The third-order valence-corrected chi connectivity index (χ3v) is 7.14. The van der Waals surface area contributed by atoms with Crippen LogP contribution in [0.25, 0.3) is 0 Å². The second-order valence-corrected chi connectivity index (χ2v) is 12.6. The SMILES string of the molecule is Brc1ccccc1OC(Br)(Oc1ccccc1)C(Br)(Br)Br. The van der Waals surface area contributed by atoms with Crippen LogP contribution in [0, 0.1) is 0 Å². The third-order valence-electron chi connectivity index (χ3n) is 2.41. The predicted molar refractivity (Wildman–Crippen MR) is 103 cm³/mol. The van der Waals surface area contributed by atoms with E-state index in [4.69, 9.17) is 9.47 Å². The molecule has 2 aromatic carbocycles. The van der Waals surface area contributed by atoms with Gasteiger partial charge in [0.1, 0.15) is 11.5 Å². The van der Waals surface area contributed by atoms with Crippen LogP contribution in [0.2, 0.25) is 0 Å². The topological polar surface area (TPSA) is 18.5 Å². The molecule has 0 aliphatic rings. The maximum Gasteiger partial charge on any atom is 0.345 e. The normalized spacial score (nSPS) is 14.3. The summed E-state index contributed by atoms with van der Waals surface area (Å²) in [5, 5.41) is 0. The molecule has 0 saturated heterocycles. The summed E-state index contributed by atoms with van der Waals surface area (Å²) in [6.07, 6.45) is 0. The fraction of sp³-hybridized carbons (Fsp3) is 0.143. The van der Waals surface area contributed by atoms with Gasteiger partial charge in [-0.2, -0.15) is 0 Å². The summed E-state index contributed by atoms with van der Waals surface area (Å²) in [6, 6.07) is 16.9. The Morgan fingerprint density at radius 2 is 1.29 bits per heavy atom. The molecule has 0 heterocycles. The van der Waals surface area contributed by atoms with E-state index in [2.05, 4.69) is 79.6 Å². The van der Waals surface area contributed by atoms with Crippen molar-refractivity contribution in [2.24, 2.45) is 0 Å². The van der Waals surface area contributed by atoms with Gasteiger partial charge in [0.05, 0.1) is 4.47 Å². The van der Waals surface area contributed by atoms with Crippen molar-refractivity contribution in [2.45, 2.75) is 6.84 Å². The minimum Gasteiger partial charge on any atom is -0.441 e. The highest BCUT2D eigenvalue weighted by Crippen LogP contribution is 2.51. The van der Waals surface area contributed by atoms with Gasteiger partial charge in [0, 0.05) is 15.9 Å². The monoisotopic (exact) mass is 604 g/mol. The summed E-state index contributed by atoms with van der Waals surface area (Å²) in [5.74, 6) is 1.29. The zero-order valence-corrected chi connectivity index (χ0v) is 18.3. The largest absolute Gasteiger partial charge is 0.441 e. The maximum atomic E-state index is 6.01. The standard InChI is InChI=1S/C14H9Br5O2/c15-11-8-4-5-9-12(11)21-14(19,13(16,17)18)20-10-6-2-1-3-7-10/h1-9H. The first-order chi connectivity index (χ1) is 9.82. The highest BCUT2D eigenvalue weighted by Gasteiger charge is 2.51. The average Bonchev–Trinajstić information content (AvgIpc) is 2.41. The first kappa shape index (κ1) is 17.8. The van der Waals surface area contributed by atoms with Crippen molar-refractivity contribution in [3.8, 4) is 11.5 Å². The molecule has 0 saturated carbocycles. The summed E-state index contributed by atoms with van der Waals surface area (Å²) in [5.41, 5.74) is 0. The average molecular weight is 609 g/mol. The minimum atomic E-state index is -1.23. The van der Waals surface area contributed by atoms with E-state index in [0.29, 0.717) is 11.5 Å². The van der Waals surface area contributed by atoms with Gasteiger partial charge in [-0.05, 0) is 40.2 Å². The maximum absolute atomic E-state index is 6.01. The van der Waals surface area contributed by atoms with Crippen molar-refractivity contribution in [3.05, 3.63) is 59.1 Å². The van der Waals surface area contributed by atoms with Crippen molar-refractivity contribution >= 4 is 79.6 Å². The van der Waals surface area contributed by atoms with Gasteiger partial charge in [0.25, 0.3) is 0 Å². The number of benzene rings is 2. The molecule has 1 atom stereocenters. The molecular weight excluding hydrogens is 600 g/mol. The molecule has 0 bridgehead atoms. The molecule has 0 aliphatic heterocycles. The summed E-state index contributed by atoms with van der Waals surface area (Å²) >= 11 is 17.3. The Morgan fingerprint density at radius 3 is 1.86 bits per heavy atom. The van der Waals surface area contributed by atoms with Gasteiger partial charge in [-0.3, -0.25) is 0 Å². The molecule has 1 unspecified atom stereocenters. The van der Waals surface area contributed by atoms with Crippen LogP contribution in [-0.4, -0.2) is 6.84 Å². The number of hydrogen-bond acceptors (Lipinski definition) is 2. The van der Waals surface area contributed by atoms with E-state index in [1.807, 2.05) is 54.6 Å². The molecule has 7 heteroatoms. The van der Waals surface area contributed by atoms with E-state index in [1.165, 1.54) is 0 Å².